The first kappa shape index (κ1) is 18.2. The maximum Gasteiger partial charge on any atom is 0.453 e. The van der Waals surface area contributed by atoms with Gasteiger partial charge in [-0.15, -0.1) is 0 Å². The summed E-state index contributed by atoms with van der Waals surface area (Å²) in [6.07, 6.45) is 0.877. The number of allylic oxidation sites excluding steroid dienone is 4. The van der Waals surface area contributed by atoms with Gasteiger partial charge in [-0.2, -0.15) is 22.0 Å². The van der Waals surface area contributed by atoms with E-state index in [0.717, 1.165) is 31.3 Å². The molecule has 144 valence electrons. The van der Waals surface area contributed by atoms with Gasteiger partial charge >= 0.3 is 12.1 Å². The lowest BCUT2D eigenvalue weighted by Crippen LogP contribution is -2.47. The van der Waals surface area contributed by atoms with E-state index in [1.807, 2.05) is 0 Å². The van der Waals surface area contributed by atoms with Crippen LogP contribution in [0.4, 0.5) is 22.0 Å². The Morgan fingerprint density at radius 1 is 1.00 bits per heavy atom. The molecule has 0 N–H and O–H groups in total. The molecule has 0 bridgehead atoms. The van der Waals surface area contributed by atoms with E-state index in [9.17, 15) is 26.7 Å². The van der Waals surface area contributed by atoms with Crippen molar-refractivity contribution in [1.29, 1.82) is 0 Å². The van der Waals surface area contributed by atoms with Crippen LogP contribution in [0.1, 0.15) is 64.2 Å². The smallest absolute Gasteiger partial charge is 0.295 e. The summed E-state index contributed by atoms with van der Waals surface area (Å²) < 4.78 is 66.3. The highest BCUT2D eigenvalue weighted by molar-refractivity contribution is 5.93. The van der Waals surface area contributed by atoms with E-state index >= 15 is 0 Å². The van der Waals surface area contributed by atoms with Crippen molar-refractivity contribution >= 4 is 5.78 Å². The van der Waals surface area contributed by atoms with E-state index in [1.165, 1.54) is 11.1 Å². The lowest BCUT2D eigenvalue weighted by Gasteiger charge is -2.50. The molecule has 3 atom stereocenters. The third-order valence-corrected chi connectivity index (χ3v) is 7.25. The van der Waals surface area contributed by atoms with Crippen LogP contribution in [-0.4, -0.2) is 17.9 Å². The normalized spacial score (nSPS) is 35.0. The molecule has 26 heavy (non-hydrogen) atoms. The molecule has 0 amide bonds. The van der Waals surface area contributed by atoms with Gasteiger partial charge in [-0.25, -0.2) is 0 Å². The summed E-state index contributed by atoms with van der Waals surface area (Å²) in [5.41, 5.74) is 2.66. The molecular weight excluding hydrogens is 351 g/mol. The van der Waals surface area contributed by atoms with Crippen molar-refractivity contribution in [3.63, 3.8) is 0 Å². The first-order valence-electron chi connectivity index (χ1n) is 9.53. The molecule has 6 heteroatoms. The van der Waals surface area contributed by atoms with Crippen LogP contribution in [0.25, 0.3) is 0 Å². The van der Waals surface area contributed by atoms with Gasteiger partial charge in [0.1, 0.15) is 0 Å². The van der Waals surface area contributed by atoms with E-state index in [-0.39, 0.29) is 17.6 Å². The third kappa shape index (κ3) is 2.75. The van der Waals surface area contributed by atoms with Crippen LogP contribution >= 0.6 is 0 Å². The van der Waals surface area contributed by atoms with Crippen molar-refractivity contribution in [1.82, 2.24) is 0 Å². The first-order valence-corrected chi connectivity index (χ1v) is 9.53. The Kier molecular flexibility index (Phi) is 4.12. The van der Waals surface area contributed by atoms with Gasteiger partial charge in [0, 0.05) is 12.8 Å². The number of fused-ring (bicyclic) bond motifs is 4. The summed E-state index contributed by atoms with van der Waals surface area (Å²) in [6, 6.07) is 0. The molecule has 0 aromatic carbocycles. The summed E-state index contributed by atoms with van der Waals surface area (Å²) in [7, 11) is 0. The number of carbonyl (C=O) groups excluding carboxylic acids is 1. The number of alkyl halides is 5. The predicted octanol–water partition coefficient (Wildman–Crippen LogP) is 6.15. The average molecular weight is 374 g/mol. The minimum atomic E-state index is -5.47. The molecule has 0 radical (unpaired) electrons. The van der Waals surface area contributed by atoms with Gasteiger partial charge < -0.3 is 0 Å². The maximum absolute atomic E-state index is 13.9. The van der Waals surface area contributed by atoms with Crippen molar-refractivity contribution in [2.24, 2.45) is 17.3 Å². The average Bonchev–Trinajstić information content (AvgIpc) is 2.96. The molecule has 2 fully saturated rings. The van der Waals surface area contributed by atoms with Crippen molar-refractivity contribution in [2.75, 3.05) is 0 Å². The van der Waals surface area contributed by atoms with Crippen LogP contribution in [0.2, 0.25) is 0 Å². The first-order chi connectivity index (χ1) is 12.1. The molecule has 4 rings (SSSR count). The molecule has 0 heterocycles. The van der Waals surface area contributed by atoms with Crippen LogP contribution in [0.5, 0.6) is 0 Å². The quantitative estimate of drug-likeness (QED) is 0.530. The SMILES string of the molecule is O=C1C=C2CC[C@@H]3C(=C2CC1)CC[C@]1(CC(F)(F)C(F)(F)F)CCC[C@@H]31. The molecule has 0 aromatic heterocycles. The Hall–Kier alpha value is -1.20. The fraction of sp³-hybridized carbons (Fsp3) is 0.750. The summed E-state index contributed by atoms with van der Waals surface area (Å²) in [5.74, 6) is -4.43. The summed E-state index contributed by atoms with van der Waals surface area (Å²) in [4.78, 5) is 11.7. The van der Waals surface area contributed by atoms with Crippen molar-refractivity contribution < 1.29 is 26.7 Å². The summed E-state index contributed by atoms with van der Waals surface area (Å²) in [6.45, 7) is 0. The van der Waals surface area contributed by atoms with Crippen LogP contribution in [0.15, 0.2) is 22.8 Å². The lowest BCUT2D eigenvalue weighted by atomic mass is 9.55. The number of carbonyl (C=O) groups is 1. The molecule has 0 saturated heterocycles. The Bertz CT molecular complexity index is 687. The molecule has 2 saturated carbocycles. The fourth-order valence-corrected chi connectivity index (χ4v) is 6.18. The second-order valence-electron chi connectivity index (χ2n) is 8.52. The van der Waals surface area contributed by atoms with Gasteiger partial charge in [0.2, 0.25) is 0 Å². The van der Waals surface area contributed by atoms with E-state index < -0.39 is 23.9 Å². The molecular formula is C20H23F5O. The number of halogens is 5. The molecule has 1 nitrogen and oxygen atoms in total. The lowest BCUT2D eigenvalue weighted by molar-refractivity contribution is -0.295. The monoisotopic (exact) mass is 374 g/mol. The molecule has 4 aliphatic carbocycles. The Labute approximate surface area is 149 Å². The highest BCUT2D eigenvalue weighted by atomic mass is 19.4. The van der Waals surface area contributed by atoms with Crippen LogP contribution in [0.3, 0.4) is 0 Å². The summed E-state index contributed by atoms with van der Waals surface area (Å²) >= 11 is 0. The second-order valence-corrected chi connectivity index (χ2v) is 8.52. The van der Waals surface area contributed by atoms with Gasteiger partial charge in [0.15, 0.2) is 5.78 Å². The van der Waals surface area contributed by atoms with Crippen molar-refractivity contribution in [3.8, 4) is 0 Å². The zero-order valence-corrected chi connectivity index (χ0v) is 14.6. The molecule has 0 spiro atoms. The highest BCUT2D eigenvalue weighted by Gasteiger charge is 2.63. The Balaban J connectivity index is 1.66. The Morgan fingerprint density at radius 3 is 2.50 bits per heavy atom. The second kappa shape index (κ2) is 5.90. The zero-order chi connectivity index (χ0) is 18.7. The molecule has 0 aromatic rings. The van der Waals surface area contributed by atoms with Crippen LogP contribution in [-0.2, 0) is 4.79 Å². The molecule has 0 unspecified atom stereocenters. The summed E-state index contributed by atoms with van der Waals surface area (Å²) in [5, 5.41) is 0. The van der Waals surface area contributed by atoms with Gasteiger partial charge in [0.25, 0.3) is 0 Å². The zero-order valence-electron chi connectivity index (χ0n) is 14.6. The number of hydrogen-bond donors (Lipinski definition) is 0. The van der Waals surface area contributed by atoms with E-state index in [0.29, 0.717) is 32.1 Å². The highest BCUT2D eigenvalue weighted by Crippen LogP contribution is 2.64. The topological polar surface area (TPSA) is 17.1 Å². The van der Waals surface area contributed by atoms with E-state index in [4.69, 9.17) is 0 Å². The van der Waals surface area contributed by atoms with E-state index in [1.54, 1.807) is 6.08 Å². The fourth-order valence-electron chi connectivity index (χ4n) is 6.18. The van der Waals surface area contributed by atoms with Crippen LogP contribution in [0, 0.1) is 17.3 Å². The largest absolute Gasteiger partial charge is 0.453 e. The van der Waals surface area contributed by atoms with Gasteiger partial charge in [-0.1, -0.05) is 12.0 Å². The van der Waals surface area contributed by atoms with Crippen molar-refractivity contribution in [3.05, 3.63) is 22.8 Å². The van der Waals surface area contributed by atoms with Gasteiger partial charge in [-0.3, -0.25) is 4.79 Å². The van der Waals surface area contributed by atoms with Gasteiger partial charge in [-0.05, 0) is 79.4 Å². The Morgan fingerprint density at radius 2 is 1.77 bits per heavy atom. The standard InChI is InChI=1S/C20H23F5O/c21-19(22,20(23,24)25)11-18-8-1-2-17(18)16-5-3-12-10-13(26)4-6-14(12)15(16)7-9-18/h10,16-17H,1-9,11H2/t16-,17+,18+/m1/s1. The van der Waals surface area contributed by atoms with Crippen molar-refractivity contribution in [2.45, 2.75) is 76.3 Å². The number of rotatable bonds is 2. The van der Waals surface area contributed by atoms with E-state index in [2.05, 4.69) is 0 Å². The molecule has 4 aliphatic rings. The van der Waals surface area contributed by atoms with Crippen LogP contribution < -0.4 is 0 Å². The minimum Gasteiger partial charge on any atom is -0.295 e. The number of hydrogen-bond acceptors (Lipinski definition) is 1. The minimum absolute atomic E-state index is 0.0776. The third-order valence-electron chi connectivity index (χ3n) is 7.25. The predicted molar refractivity (Wildman–Crippen MR) is 86.7 cm³/mol. The number of ketones is 1. The van der Waals surface area contributed by atoms with Gasteiger partial charge in [0.05, 0.1) is 0 Å². The molecule has 0 aliphatic heterocycles. The maximum atomic E-state index is 13.9.